The largest absolute Gasteiger partial charge is 0.493 e. The Balaban J connectivity index is 1.03. The summed E-state index contributed by atoms with van der Waals surface area (Å²) in [6.07, 6.45) is 8.21. The smallest absolute Gasteiger partial charge is 0.161 e. The van der Waals surface area contributed by atoms with Gasteiger partial charge in [-0.15, -0.1) is 0 Å². The molecule has 2 aliphatic heterocycles. The van der Waals surface area contributed by atoms with Crippen LogP contribution < -0.4 is 9.47 Å². The molecule has 39 heavy (non-hydrogen) atoms. The van der Waals surface area contributed by atoms with Crippen molar-refractivity contribution >= 4 is 11.2 Å². The number of hydrogen-bond donors (Lipinski definition) is 0. The SMILES string of the molecule is COc1ccc(-c2nc3c(C)cc(C4CCN(C5C[C@@H]6CN(CC7CC7)C[C@@H]6C5)CC4)nc3n2C)cc1OC. The summed E-state index contributed by atoms with van der Waals surface area (Å²) >= 11 is 0. The first-order chi connectivity index (χ1) is 19.0. The minimum Gasteiger partial charge on any atom is -0.493 e. The number of methoxy groups -OCH3 is 2. The van der Waals surface area contributed by atoms with E-state index in [1.807, 2.05) is 18.2 Å². The van der Waals surface area contributed by atoms with E-state index in [4.69, 9.17) is 19.4 Å². The van der Waals surface area contributed by atoms with Gasteiger partial charge in [-0.2, -0.15) is 0 Å². The third-order valence-corrected chi connectivity index (χ3v) is 10.2. The molecular formula is C32H43N5O2. The highest BCUT2D eigenvalue weighted by atomic mass is 16.5. The van der Waals surface area contributed by atoms with E-state index < -0.39 is 0 Å². The fourth-order valence-electron chi connectivity index (χ4n) is 7.81. The molecule has 0 bridgehead atoms. The summed E-state index contributed by atoms with van der Waals surface area (Å²) in [5, 5.41) is 0. The number of fused-ring (bicyclic) bond motifs is 2. The van der Waals surface area contributed by atoms with Crippen LogP contribution in [-0.2, 0) is 7.05 Å². The Labute approximate surface area is 232 Å². The molecule has 4 aliphatic rings. The highest BCUT2D eigenvalue weighted by Crippen LogP contribution is 2.43. The van der Waals surface area contributed by atoms with Crippen LogP contribution in [0.3, 0.4) is 0 Å². The number of rotatable bonds is 7. The molecule has 0 N–H and O–H groups in total. The molecule has 7 heteroatoms. The molecule has 7 nitrogen and oxygen atoms in total. The van der Waals surface area contributed by atoms with Crippen LogP contribution in [0.1, 0.15) is 55.7 Å². The van der Waals surface area contributed by atoms with Crippen molar-refractivity contribution in [3.05, 3.63) is 35.5 Å². The normalized spacial score (nSPS) is 26.4. The van der Waals surface area contributed by atoms with Crippen molar-refractivity contribution in [1.29, 1.82) is 0 Å². The summed E-state index contributed by atoms with van der Waals surface area (Å²) in [4.78, 5) is 15.8. The summed E-state index contributed by atoms with van der Waals surface area (Å²) in [6, 6.07) is 9.07. The maximum atomic E-state index is 5.54. The molecule has 208 valence electrons. The Morgan fingerprint density at radius 1 is 0.897 bits per heavy atom. The lowest BCUT2D eigenvalue weighted by Crippen LogP contribution is -2.40. The number of aryl methyl sites for hydroxylation is 2. The van der Waals surface area contributed by atoms with E-state index in [0.29, 0.717) is 11.7 Å². The van der Waals surface area contributed by atoms with Gasteiger partial charge < -0.3 is 23.8 Å². The zero-order valence-electron chi connectivity index (χ0n) is 24.0. The van der Waals surface area contributed by atoms with Gasteiger partial charge in [0.05, 0.1) is 14.2 Å². The van der Waals surface area contributed by atoms with E-state index in [2.05, 4.69) is 34.4 Å². The molecule has 3 aromatic rings. The molecule has 0 radical (unpaired) electrons. The average molecular weight is 530 g/mol. The van der Waals surface area contributed by atoms with E-state index >= 15 is 0 Å². The fraction of sp³-hybridized carbons (Fsp3) is 0.625. The molecule has 7 rings (SSSR count). The molecule has 2 saturated carbocycles. The molecule has 0 amide bonds. The predicted octanol–water partition coefficient (Wildman–Crippen LogP) is 5.26. The summed E-state index contributed by atoms with van der Waals surface area (Å²) in [6.45, 7) is 8.72. The van der Waals surface area contributed by atoms with Gasteiger partial charge in [0.15, 0.2) is 17.1 Å². The Bertz CT molecular complexity index is 1340. The zero-order chi connectivity index (χ0) is 26.7. The van der Waals surface area contributed by atoms with Crippen molar-refractivity contribution in [2.24, 2.45) is 24.8 Å². The molecule has 2 aliphatic carbocycles. The van der Waals surface area contributed by atoms with Gasteiger partial charge in [0.25, 0.3) is 0 Å². The summed E-state index contributed by atoms with van der Waals surface area (Å²) in [5.74, 6) is 5.78. The van der Waals surface area contributed by atoms with Crippen LogP contribution in [0.25, 0.3) is 22.6 Å². The number of ether oxygens (including phenoxy) is 2. The van der Waals surface area contributed by atoms with E-state index in [-0.39, 0.29) is 0 Å². The Morgan fingerprint density at radius 2 is 1.62 bits per heavy atom. The molecule has 4 fully saturated rings. The zero-order valence-corrected chi connectivity index (χ0v) is 24.0. The molecule has 2 aromatic heterocycles. The number of imidazole rings is 1. The molecular weight excluding hydrogens is 486 g/mol. The maximum absolute atomic E-state index is 5.54. The Kier molecular flexibility index (Phi) is 6.55. The van der Waals surface area contributed by atoms with Crippen molar-refractivity contribution in [2.75, 3.05) is 46.9 Å². The van der Waals surface area contributed by atoms with Crippen LogP contribution in [0, 0.1) is 24.7 Å². The van der Waals surface area contributed by atoms with Gasteiger partial charge in [0.2, 0.25) is 0 Å². The Morgan fingerprint density at radius 3 is 2.28 bits per heavy atom. The number of likely N-dealkylation sites (tertiary alicyclic amines) is 2. The van der Waals surface area contributed by atoms with Crippen LogP contribution in [-0.4, -0.2) is 77.3 Å². The second kappa shape index (κ2) is 10.1. The lowest BCUT2D eigenvalue weighted by Gasteiger charge is -2.36. The molecule has 2 saturated heterocycles. The third-order valence-electron chi connectivity index (χ3n) is 10.2. The van der Waals surface area contributed by atoms with Crippen LogP contribution >= 0.6 is 0 Å². The standard InChI is InChI=1S/C32H43N5O2/c1-20-13-27(33-32-30(20)34-31(35(32)2)23-7-8-28(38-3)29(16-23)39-4)22-9-11-37(12-10-22)26-14-24-18-36(17-21-5-6-21)19-25(24)15-26/h7-8,13,16,21-22,24-26H,5-6,9-12,14-15,17-19H2,1-4H3/t24-,25+,26?. The molecule has 3 atom stereocenters. The second-order valence-electron chi connectivity index (χ2n) is 12.7. The van der Waals surface area contributed by atoms with E-state index in [9.17, 15) is 0 Å². The van der Waals surface area contributed by atoms with Crippen LogP contribution in [0.4, 0.5) is 0 Å². The lowest BCUT2D eigenvalue weighted by atomic mass is 9.91. The molecule has 1 unspecified atom stereocenters. The molecule has 1 aromatic carbocycles. The lowest BCUT2D eigenvalue weighted by molar-refractivity contribution is 0.141. The summed E-state index contributed by atoms with van der Waals surface area (Å²) < 4.78 is 13.1. The highest BCUT2D eigenvalue weighted by molar-refractivity contribution is 5.81. The van der Waals surface area contributed by atoms with Gasteiger partial charge >= 0.3 is 0 Å². The van der Waals surface area contributed by atoms with Gasteiger partial charge in [0, 0.05) is 49.9 Å². The van der Waals surface area contributed by atoms with Crippen molar-refractivity contribution in [3.8, 4) is 22.9 Å². The quantitative estimate of drug-likeness (QED) is 0.416. The second-order valence-corrected chi connectivity index (χ2v) is 12.7. The maximum Gasteiger partial charge on any atom is 0.161 e. The van der Waals surface area contributed by atoms with Crippen LogP contribution in [0.2, 0.25) is 0 Å². The number of aromatic nitrogens is 3. The van der Waals surface area contributed by atoms with Crippen LogP contribution in [0.15, 0.2) is 24.3 Å². The van der Waals surface area contributed by atoms with Gasteiger partial charge in [0.1, 0.15) is 11.3 Å². The Hall–Kier alpha value is -2.64. The van der Waals surface area contributed by atoms with Crippen molar-refractivity contribution in [2.45, 2.75) is 57.4 Å². The van der Waals surface area contributed by atoms with E-state index in [1.54, 1.807) is 14.2 Å². The topological polar surface area (TPSA) is 55.7 Å². The van der Waals surface area contributed by atoms with Gasteiger partial charge in [-0.3, -0.25) is 0 Å². The first-order valence-electron chi connectivity index (χ1n) is 15.0. The van der Waals surface area contributed by atoms with Gasteiger partial charge in [-0.1, -0.05) is 0 Å². The summed E-state index contributed by atoms with van der Waals surface area (Å²) in [5.41, 5.74) is 5.40. The van der Waals surface area contributed by atoms with Crippen molar-refractivity contribution in [1.82, 2.24) is 24.3 Å². The first kappa shape index (κ1) is 25.3. The van der Waals surface area contributed by atoms with Gasteiger partial charge in [-0.05, 0) is 106 Å². The number of nitrogens with zero attached hydrogens (tertiary/aromatic N) is 5. The number of pyridine rings is 1. The van der Waals surface area contributed by atoms with Crippen molar-refractivity contribution in [3.63, 3.8) is 0 Å². The van der Waals surface area contributed by atoms with Crippen LogP contribution in [0.5, 0.6) is 11.5 Å². The number of hydrogen-bond acceptors (Lipinski definition) is 6. The minimum absolute atomic E-state index is 0.527. The number of benzene rings is 1. The molecule has 0 spiro atoms. The monoisotopic (exact) mass is 529 g/mol. The molecule has 4 heterocycles. The predicted molar refractivity (Wildman–Crippen MR) is 154 cm³/mol. The first-order valence-corrected chi connectivity index (χ1v) is 15.0. The van der Waals surface area contributed by atoms with E-state index in [0.717, 1.165) is 52.1 Å². The third kappa shape index (κ3) is 4.71. The highest BCUT2D eigenvalue weighted by Gasteiger charge is 2.44. The fourth-order valence-corrected chi connectivity index (χ4v) is 7.81. The van der Waals surface area contributed by atoms with Crippen molar-refractivity contribution < 1.29 is 9.47 Å². The average Bonchev–Trinajstić information content (AvgIpc) is 3.41. The minimum atomic E-state index is 0.527. The van der Waals surface area contributed by atoms with E-state index in [1.165, 1.54) is 82.5 Å². The van der Waals surface area contributed by atoms with Gasteiger partial charge in [-0.25, -0.2) is 9.97 Å². The summed E-state index contributed by atoms with van der Waals surface area (Å²) in [7, 11) is 5.40. The number of piperidine rings is 1.